The van der Waals surface area contributed by atoms with E-state index in [1.165, 1.54) is 23.7 Å². The quantitative estimate of drug-likeness (QED) is 0.629. The Morgan fingerprint density at radius 3 is 2.80 bits per heavy atom. The number of nitrogen functional groups attached to an aromatic ring is 1. The third kappa shape index (κ3) is 2.86. The lowest BCUT2D eigenvalue weighted by Gasteiger charge is -2.10. The van der Waals surface area contributed by atoms with Gasteiger partial charge in [0.2, 0.25) is 5.13 Å². The van der Waals surface area contributed by atoms with Gasteiger partial charge in [0.05, 0.1) is 12.7 Å². The van der Waals surface area contributed by atoms with E-state index in [4.69, 9.17) is 5.73 Å². The molecular formula is C10H10N4O4S2. The van der Waals surface area contributed by atoms with Crippen LogP contribution in [0.1, 0.15) is 10.4 Å². The van der Waals surface area contributed by atoms with Gasteiger partial charge in [0.25, 0.3) is 10.0 Å². The molecule has 0 atom stereocenters. The molecule has 0 fully saturated rings. The zero-order valence-corrected chi connectivity index (χ0v) is 11.9. The molecule has 0 bridgehead atoms. The first-order valence-electron chi connectivity index (χ1n) is 5.21. The molecule has 2 aromatic rings. The van der Waals surface area contributed by atoms with Crippen molar-refractivity contribution >= 4 is 38.1 Å². The minimum atomic E-state index is -3.98. The molecule has 0 aliphatic rings. The molecule has 0 amide bonds. The monoisotopic (exact) mass is 314 g/mol. The molecule has 0 saturated carbocycles. The summed E-state index contributed by atoms with van der Waals surface area (Å²) in [7, 11) is -2.83. The van der Waals surface area contributed by atoms with E-state index in [1.807, 2.05) is 0 Å². The number of hydrogen-bond donors (Lipinski definition) is 2. The summed E-state index contributed by atoms with van der Waals surface area (Å²) in [5, 5.41) is 7.19. The predicted octanol–water partition coefficient (Wildman–Crippen LogP) is 0.708. The molecule has 1 aromatic carbocycles. The van der Waals surface area contributed by atoms with Crippen LogP contribution in [0, 0.1) is 0 Å². The van der Waals surface area contributed by atoms with Crippen LogP contribution in [0.2, 0.25) is 0 Å². The van der Waals surface area contributed by atoms with Crippen molar-refractivity contribution in [3.05, 3.63) is 29.3 Å². The zero-order chi connectivity index (χ0) is 14.8. The van der Waals surface area contributed by atoms with Crippen LogP contribution in [0.5, 0.6) is 0 Å². The van der Waals surface area contributed by atoms with Gasteiger partial charge in [-0.05, 0) is 18.2 Å². The lowest BCUT2D eigenvalue weighted by molar-refractivity contribution is 0.0596. The summed E-state index contributed by atoms with van der Waals surface area (Å²) in [6.45, 7) is 0. The van der Waals surface area contributed by atoms with E-state index in [9.17, 15) is 13.2 Å². The van der Waals surface area contributed by atoms with Crippen molar-refractivity contribution in [2.45, 2.75) is 4.90 Å². The van der Waals surface area contributed by atoms with Crippen molar-refractivity contribution in [3.8, 4) is 0 Å². The summed E-state index contributed by atoms with van der Waals surface area (Å²) in [5.41, 5.74) is 7.03. The van der Waals surface area contributed by atoms with Gasteiger partial charge in [-0.2, -0.15) is 0 Å². The minimum absolute atomic E-state index is 0.0950. The first-order chi connectivity index (χ1) is 9.44. The van der Waals surface area contributed by atoms with Gasteiger partial charge in [-0.25, -0.2) is 13.2 Å². The third-order valence-electron chi connectivity index (χ3n) is 2.28. The van der Waals surface area contributed by atoms with Gasteiger partial charge in [-0.1, -0.05) is 11.3 Å². The number of esters is 1. The second kappa shape index (κ2) is 5.43. The van der Waals surface area contributed by atoms with E-state index < -0.39 is 16.0 Å². The van der Waals surface area contributed by atoms with Crippen LogP contribution < -0.4 is 10.5 Å². The molecule has 1 aromatic heterocycles. The van der Waals surface area contributed by atoms with Crippen molar-refractivity contribution in [2.24, 2.45) is 0 Å². The van der Waals surface area contributed by atoms with Crippen molar-refractivity contribution in [3.63, 3.8) is 0 Å². The van der Waals surface area contributed by atoms with Gasteiger partial charge in [0.1, 0.15) is 10.4 Å². The number of nitrogens with two attached hydrogens (primary N) is 1. The fourth-order valence-corrected chi connectivity index (χ4v) is 3.31. The average molecular weight is 314 g/mol. The minimum Gasteiger partial charge on any atom is -0.465 e. The Labute approximate surface area is 118 Å². The van der Waals surface area contributed by atoms with Crippen LogP contribution in [0.4, 0.5) is 10.8 Å². The fourth-order valence-electron chi connectivity index (χ4n) is 1.44. The van der Waals surface area contributed by atoms with E-state index in [2.05, 4.69) is 19.7 Å². The third-order valence-corrected chi connectivity index (χ3v) is 4.41. The van der Waals surface area contributed by atoms with E-state index in [1.54, 1.807) is 0 Å². The Morgan fingerprint density at radius 1 is 1.45 bits per heavy atom. The van der Waals surface area contributed by atoms with Crippen LogP contribution in [0.25, 0.3) is 0 Å². The number of nitrogens with one attached hydrogen (secondary N) is 1. The number of carbonyl (C=O) groups is 1. The summed E-state index contributed by atoms with van der Waals surface area (Å²) < 4.78 is 31.2. The Balaban J connectivity index is 2.48. The smallest absolute Gasteiger partial charge is 0.339 e. The van der Waals surface area contributed by atoms with Crippen molar-refractivity contribution in [1.29, 1.82) is 0 Å². The van der Waals surface area contributed by atoms with Crippen LogP contribution in [0.15, 0.2) is 28.6 Å². The second-order valence-electron chi connectivity index (χ2n) is 3.60. The molecule has 10 heteroatoms. The summed E-state index contributed by atoms with van der Waals surface area (Å²) in [6, 6.07) is 3.84. The number of ether oxygens (including phenoxy) is 1. The Morgan fingerprint density at radius 2 is 2.20 bits per heavy atom. The lowest BCUT2D eigenvalue weighted by atomic mass is 10.2. The van der Waals surface area contributed by atoms with Crippen molar-refractivity contribution < 1.29 is 17.9 Å². The largest absolute Gasteiger partial charge is 0.465 e. The molecule has 2 rings (SSSR count). The molecule has 0 unspecified atom stereocenters. The molecule has 3 N–H and O–H groups in total. The number of anilines is 2. The van der Waals surface area contributed by atoms with Gasteiger partial charge >= 0.3 is 5.97 Å². The van der Waals surface area contributed by atoms with Crippen LogP contribution in [-0.2, 0) is 14.8 Å². The van der Waals surface area contributed by atoms with E-state index >= 15 is 0 Å². The van der Waals surface area contributed by atoms with Crippen LogP contribution in [0.3, 0.4) is 0 Å². The van der Waals surface area contributed by atoms with Crippen LogP contribution >= 0.6 is 11.3 Å². The number of hydrogen-bond acceptors (Lipinski definition) is 8. The molecule has 0 radical (unpaired) electrons. The van der Waals surface area contributed by atoms with E-state index in [0.717, 1.165) is 18.4 Å². The summed E-state index contributed by atoms with van der Waals surface area (Å²) in [4.78, 5) is 11.4. The maximum Gasteiger partial charge on any atom is 0.339 e. The standard InChI is InChI=1S/C10H10N4O4S2/c1-18-9(15)7-4-6(11)2-3-8(7)20(16,17)14-10-13-12-5-19-10/h2-5H,11H2,1H3,(H,13,14). The topological polar surface area (TPSA) is 124 Å². The van der Waals surface area contributed by atoms with Gasteiger partial charge in [-0.3, -0.25) is 4.72 Å². The second-order valence-corrected chi connectivity index (χ2v) is 6.08. The highest BCUT2D eigenvalue weighted by Crippen LogP contribution is 2.23. The Bertz CT molecular complexity index is 728. The average Bonchev–Trinajstić information content (AvgIpc) is 2.89. The highest BCUT2D eigenvalue weighted by Gasteiger charge is 2.24. The molecule has 106 valence electrons. The van der Waals surface area contributed by atoms with E-state index in [0.29, 0.717) is 0 Å². The Kier molecular flexibility index (Phi) is 3.86. The Hall–Kier alpha value is -2.20. The van der Waals surface area contributed by atoms with Gasteiger partial charge < -0.3 is 10.5 Å². The highest BCUT2D eigenvalue weighted by molar-refractivity contribution is 7.93. The molecule has 0 spiro atoms. The first kappa shape index (κ1) is 14.2. The van der Waals surface area contributed by atoms with Crippen molar-refractivity contribution in [1.82, 2.24) is 10.2 Å². The van der Waals surface area contributed by atoms with Gasteiger partial charge in [-0.15, -0.1) is 10.2 Å². The summed E-state index contributed by atoms with van der Waals surface area (Å²) >= 11 is 1.01. The fraction of sp³-hybridized carbons (Fsp3) is 0.100. The maximum atomic E-state index is 12.2. The number of aromatic nitrogens is 2. The predicted molar refractivity (Wildman–Crippen MR) is 72.9 cm³/mol. The first-order valence-corrected chi connectivity index (χ1v) is 7.57. The van der Waals surface area contributed by atoms with E-state index in [-0.39, 0.29) is 21.3 Å². The summed E-state index contributed by atoms with van der Waals surface area (Å²) in [6.07, 6.45) is 0. The highest BCUT2D eigenvalue weighted by atomic mass is 32.2. The van der Waals surface area contributed by atoms with Gasteiger partial charge in [0, 0.05) is 5.69 Å². The number of rotatable bonds is 4. The normalized spacial score (nSPS) is 11.1. The molecule has 20 heavy (non-hydrogen) atoms. The number of carbonyl (C=O) groups excluding carboxylic acids is 1. The molecule has 0 aliphatic carbocycles. The molecule has 0 saturated heterocycles. The SMILES string of the molecule is COC(=O)c1cc(N)ccc1S(=O)(=O)Nc1nncs1. The van der Waals surface area contributed by atoms with Crippen LogP contribution in [-0.4, -0.2) is 31.7 Å². The number of nitrogens with zero attached hydrogens (tertiary/aromatic N) is 2. The van der Waals surface area contributed by atoms with Crippen molar-refractivity contribution in [2.75, 3.05) is 17.6 Å². The lowest BCUT2D eigenvalue weighted by Crippen LogP contribution is -2.17. The number of methoxy groups -OCH3 is 1. The number of sulfonamides is 1. The molecular weight excluding hydrogens is 304 g/mol. The molecule has 1 heterocycles. The number of benzene rings is 1. The summed E-state index contributed by atoms with van der Waals surface area (Å²) in [5.74, 6) is -0.796. The van der Waals surface area contributed by atoms with Gasteiger partial charge in [0.15, 0.2) is 0 Å². The maximum absolute atomic E-state index is 12.2. The molecule has 0 aliphatic heterocycles. The molecule has 8 nitrogen and oxygen atoms in total. The zero-order valence-electron chi connectivity index (χ0n) is 10.2.